The number of nitrogens with zero attached hydrogens (tertiary/aromatic N) is 1. The predicted molar refractivity (Wildman–Crippen MR) is 69.3 cm³/mol. The fourth-order valence-corrected chi connectivity index (χ4v) is 2.28. The van der Waals surface area contributed by atoms with E-state index in [1.807, 2.05) is 0 Å². The van der Waals surface area contributed by atoms with E-state index >= 15 is 0 Å². The van der Waals surface area contributed by atoms with Gasteiger partial charge >= 0.3 is 0 Å². The molecule has 1 amide bonds. The van der Waals surface area contributed by atoms with E-state index in [1.54, 1.807) is 18.2 Å². The smallest absolute Gasteiger partial charge is 0.227 e. The molecular formula is C12H11Cl2NO3. The standard InChI is InChI=1S/C12H11Cl2NO3/c1-18-10-3-2-8(13)5-9(10)15-6-7(12(14)17)4-11(15)16/h2-3,5,7H,4,6H2,1H3. The molecule has 1 aliphatic rings. The average molecular weight is 288 g/mol. The molecule has 1 saturated heterocycles. The minimum absolute atomic E-state index is 0.123. The molecule has 1 heterocycles. The van der Waals surface area contributed by atoms with Crippen molar-refractivity contribution < 1.29 is 14.3 Å². The van der Waals surface area contributed by atoms with Gasteiger partial charge in [0.2, 0.25) is 11.1 Å². The van der Waals surface area contributed by atoms with Crippen molar-refractivity contribution >= 4 is 40.0 Å². The summed E-state index contributed by atoms with van der Waals surface area (Å²) in [5.41, 5.74) is 0.565. The topological polar surface area (TPSA) is 46.6 Å². The van der Waals surface area contributed by atoms with Crippen LogP contribution in [0, 0.1) is 5.92 Å². The van der Waals surface area contributed by atoms with E-state index in [0.717, 1.165) is 0 Å². The van der Waals surface area contributed by atoms with Gasteiger partial charge in [-0.3, -0.25) is 9.59 Å². The lowest BCUT2D eigenvalue weighted by Gasteiger charge is -2.19. The molecule has 4 nitrogen and oxygen atoms in total. The summed E-state index contributed by atoms with van der Waals surface area (Å²) in [5, 5.41) is 0.00564. The van der Waals surface area contributed by atoms with E-state index < -0.39 is 11.2 Å². The van der Waals surface area contributed by atoms with Gasteiger partial charge in [-0.15, -0.1) is 0 Å². The number of hydrogen-bond acceptors (Lipinski definition) is 3. The number of hydrogen-bond donors (Lipinski definition) is 0. The number of rotatable bonds is 3. The zero-order valence-electron chi connectivity index (χ0n) is 9.65. The SMILES string of the molecule is COc1ccc(Cl)cc1N1CC(C(=O)Cl)CC1=O. The Morgan fingerprint density at radius 3 is 2.78 bits per heavy atom. The van der Waals surface area contributed by atoms with Crippen LogP contribution in [-0.4, -0.2) is 24.8 Å². The molecule has 0 spiro atoms. The molecule has 0 aromatic heterocycles. The summed E-state index contributed by atoms with van der Waals surface area (Å²) in [6.45, 7) is 0.262. The van der Waals surface area contributed by atoms with Crippen molar-refractivity contribution in [2.75, 3.05) is 18.6 Å². The molecule has 1 fully saturated rings. The first-order chi connectivity index (χ1) is 8.52. The Labute approximate surface area is 114 Å². The first kappa shape index (κ1) is 13.2. The lowest BCUT2D eigenvalue weighted by molar-refractivity contribution is -0.120. The van der Waals surface area contributed by atoms with Crippen LogP contribution in [0.15, 0.2) is 18.2 Å². The largest absolute Gasteiger partial charge is 0.495 e. The molecule has 1 aromatic carbocycles. The maximum Gasteiger partial charge on any atom is 0.227 e. The maximum absolute atomic E-state index is 11.9. The normalized spacial score (nSPS) is 19.2. The molecule has 0 radical (unpaired) electrons. The molecule has 1 aromatic rings. The Morgan fingerprint density at radius 2 is 2.22 bits per heavy atom. The van der Waals surface area contributed by atoms with Crippen LogP contribution in [0.4, 0.5) is 5.69 Å². The van der Waals surface area contributed by atoms with Crippen LogP contribution in [0.3, 0.4) is 0 Å². The highest BCUT2D eigenvalue weighted by atomic mass is 35.5. The molecular weight excluding hydrogens is 277 g/mol. The van der Waals surface area contributed by atoms with Crippen LogP contribution in [0.1, 0.15) is 6.42 Å². The van der Waals surface area contributed by atoms with Gasteiger partial charge in [0.15, 0.2) is 0 Å². The van der Waals surface area contributed by atoms with Crippen molar-refractivity contribution in [2.24, 2.45) is 5.92 Å². The molecule has 1 atom stereocenters. The first-order valence-electron chi connectivity index (χ1n) is 5.36. The van der Waals surface area contributed by atoms with E-state index in [-0.39, 0.29) is 18.9 Å². The lowest BCUT2D eigenvalue weighted by atomic mass is 10.1. The number of halogens is 2. The molecule has 0 bridgehead atoms. The number of ether oxygens (including phenoxy) is 1. The zero-order valence-corrected chi connectivity index (χ0v) is 11.2. The molecule has 0 aliphatic carbocycles. The highest BCUT2D eigenvalue weighted by Gasteiger charge is 2.35. The van der Waals surface area contributed by atoms with Crippen LogP contribution >= 0.6 is 23.2 Å². The molecule has 18 heavy (non-hydrogen) atoms. The Hall–Kier alpha value is -1.26. The van der Waals surface area contributed by atoms with E-state index in [9.17, 15) is 9.59 Å². The molecule has 1 aliphatic heterocycles. The minimum atomic E-state index is -0.494. The number of anilines is 1. The summed E-state index contributed by atoms with van der Waals surface area (Å²) in [4.78, 5) is 24.5. The van der Waals surface area contributed by atoms with Crippen molar-refractivity contribution in [1.29, 1.82) is 0 Å². The number of benzene rings is 1. The minimum Gasteiger partial charge on any atom is -0.495 e. The number of methoxy groups -OCH3 is 1. The summed E-state index contributed by atoms with van der Waals surface area (Å²) in [7, 11) is 1.51. The van der Waals surface area contributed by atoms with Crippen molar-refractivity contribution in [2.45, 2.75) is 6.42 Å². The first-order valence-corrected chi connectivity index (χ1v) is 6.11. The van der Waals surface area contributed by atoms with E-state index in [0.29, 0.717) is 16.5 Å². The monoisotopic (exact) mass is 287 g/mol. The average Bonchev–Trinajstić information content (AvgIpc) is 2.71. The highest BCUT2D eigenvalue weighted by molar-refractivity contribution is 6.64. The van der Waals surface area contributed by atoms with Gasteiger partial charge in [-0.25, -0.2) is 0 Å². The van der Waals surface area contributed by atoms with Gasteiger partial charge in [0.25, 0.3) is 0 Å². The third-order valence-electron chi connectivity index (χ3n) is 2.88. The van der Waals surface area contributed by atoms with E-state index in [2.05, 4.69) is 0 Å². The predicted octanol–water partition coefficient (Wildman–Crippen LogP) is 2.47. The number of carbonyl (C=O) groups is 2. The Morgan fingerprint density at radius 1 is 1.50 bits per heavy atom. The summed E-state index contributed by atoms with van der Waals surface area (Å²) in [5.74, 6) is -0.0900. The van der Waals surface area contributed by atoms with Crippen molar-refractivity contribution in [3.8, 4) is 5.75 Å². The quantitative estimate of drug-likeness (QED) is 0.803. The fourth-order valence-electron chi connectivity index (χ4n) is 1.97. The van der Waals surface area contributed by atoms with Gasteiger partial charge in [-0.05, 0) is 29.8 Å². The van der Waals surface area contributed by atoms with Gasteiger partial charge < -0.3 is 9.64 Å². The summed E-state index contributed by atoms with van der Waals surface area (Å²) in [6.07, 6.45) is 0.123. The van der Waals surface area contributed by atoms with Gasteiger partial charge in [0, 0.05) is 18.0 Å². The van der Waals surface area contributed by atoms with Gasteiger partial charge in [0.05, 0.1) is 18.7 Å². The van der Waals surface area contributed by atoms with Crippen LogP contribution in [0.5, 0.6) is 5.75 Å². The van der Waals surface area contributed by atoms with Gasteiger partial charge in [-0.1, -0.05) is 11.6 Å². The third kappa shape index (κ3) is 2.44. The number of amides is 1. The molecule has 1 unspecified atom stereocenters. The van der Waals surface area contributed by atoms with E-state index in [1.165, 1.54) is 12.0 Å². The highest BCUT2D eigenvalue weighted by Crippen LogP contribution is 2.35. The van der Waals surface area contributed by atoms with Gasteiger partial charge in [-0.2, -0.15) is 0 Å². The second-order valence-electron chi connectivity index (χ2n) is 4.03. The molecule has 0 saturated carbocycles. The summed E-state index contributed by atoms with van der Waals surface area (Å²) < 4.78 is 5.19. The second-order valence-corrected chi connectivity index (χ2v) is 4.83. The van der Waals surface area contributed by atoms with Gasteiger partial charge in [0.1, 0.15) is 5.75 Å². The van der Waals surface area contributed by atoms with Crippen molar-refractivity contribution in [3.05, 3.63) is 23.2 Å². The summed E-state index contributed by atoms with van der Waals surface area (Å²) >= 11 is 11.3. The Balaban J connectivity index is 2.34. The Kier molecular flexibility index (Phi) is 3.78. The van der Waals surface area contributed by atoms with Crippen LogP contribution < -0.4 is 9.64 Å². The lowest BCUT2D eigenvalue weighted by Crippen LogP contribution is -2.25. The molecule has 6 heteroatoms. The maximum atomic E-state index is 11.9. The second kappa shape index (κ2) is 5.16. The summed E-state index contributed by atoms with van der Waals surface area (Å²) in [6, 6.07) is 4.99. The zero-order chi connectivity index (χ0) is 13.3. The van der Waals surface area contributed by atoms with Crippen molar-refractivity contribution in [3.63, 3.8) is 0 Å². The fraction of sp³-hybridized carbons (Fsp3) is 0.333. The van der Waals surface area contributed by atoms with E-state index in [4.69, 9.17) is 27.9 Å². The molecule has 2 rings (SSSR count). The third-order valence-corrected chi connectivity index (χ3v) is 3.42. The van der Waals surface area contributed by atoms with Crippen molar-refractivity contribution in [1.82, 2.24) is 0 Å². The molecule has 96 valence electrons. The Bertz CT molecular complexity index is 504. The molecule has 0 N–H and O–H groups in total. The number of carbonyl (C=O) groups excluding carboxylic acids is 2. The van der Waals surface area contributed by atoms with Crippen LogP contribution in [0.25, 0.3) is 0 Å². The van der Waals surface area contributed by atoms with Crippen LogP contribution in [-0.2, 0) is 9.59 Å². The van der Waals surface area contributed by atoms with Crippen LogP contribution in [0.2, 0.25) is 5.02 Å².